The Morgan fingerprint density at radius 1 is 1.28 bits per heavy atom. The third-order valence-electron chi connectivity index (χ3n) is 2.71. The molecule has 0 bridgehead atoms. The summed E-state index contributed by atoms with van der Waals surface area (Å²) in [6, 6.07) is -0.266. The second kappa shape index (κ2) is 5.56. The fourth-order valence-electron chi connectivity index (χ4n) is 2.00. The molecule has 0 radical (unpaired) electrons. The Hall–Kier alpha value is -1.30. The molecule has 6 nitrogen and oxygen atoms in total. The van der Waals surface area contributed by atoms with Crippen molar-refractivity contribution in [2.45, 2.75) is 32.4 Å². The highest BCUT2D eigenvalue weighted by atomic mass is 16.6. The molecule has 1 rings (SSSR count). The number of nitrogens with zero attached hydrogens (tertiary/aromatic N) is 1. The van der Waals surface area contributed by atoms with E-state index >= 15 is 0 Å². The van der Waals surface area contributed by atoms with E-state index in [0.717, 1.165) is 0 Å². The number of ether oxygens (including phenoxy) is 2. The highest BCUT2D eigenvalue weighted by molar-refractivity contribution is 5.76. The molecule has 104 valence electrons. The van der Waals surface area contributed by atoms with Crippen molar-refractivity contribution < 1.29 is 19.1 Å². The van der Waals surface area contributed by atoms with Gasteiger partial charge in [-0.3, -0.25) is 4.79 Å². The Morgan fingerprint density at radius 3 is 2.39 bits per heavy atom. The van der Waals surface area contributed by atoms with Crippen molar-refractivity contribution >= 4 is 12.1 Å². The van der Waals surface area contributed by atoms with Crippen LogP contribution in [0.2, 0.25) is 0 Å². The molecule has 1 amide bonds. The SMILES string of the molecule is COC(=O)[C@@H]1CN(C)C[C@H]1NC(=O)OC(C)(C)C. The fourth-order valence-corrected chi connectivity index (χ4v) is 2.00. The predicted molar refractivity (Wildman–Crippen MR) is 66.2 cm³/mol. The molecule has 0 saturated carbocycles. The molecule has 6 heteroatoms. The number of carbonyl (C=O) groups excluding carboxylic acids is 2. The van der Waals surface area contributed by atoms with Crippen LogP contribution in [-0.4, -0.2) is 55.9 Å². The number of likely N-dealkylation sites (N-methyl/N-ethyl adjacent to an activating group) is 1. The fraction of sp³-hybridized carbons (Fsp3) is 0.833. The predicted octanol–water partition coefficient (Wildman–Crippen LogP) is 0.614. The molecule has 0 unspecified atom stereocenters. The van der Waals surface area contributed by atoms with Crippen LogP contribution in [0.15, 0.2) is 0 Å². The summed E-state index contributed by atoms with van der Waals surface area (Å²) < 4.78 is 9.91. The smallest absolute Gasteiger partial charge is 0.407 e. The van der Waals surface area contributed by atoms with Gasteiger partial charge in [-0.05, 0) is 27.8 Å². The van der Waals surface area contributed by atoms with Crippen molar-refractivity contribution in [3.8, 4) is 0 Å². The lowest BCUT2D eigenvalue weighted by molar-refractivity contribution is -0.145. The van der Waals surface area contributed by atoms with Gasteiger partial charge in [-0.15, -0.1) is 0 Å². The van der Waals surface area contributed by atoms with Crippen LogP contribution >= 0.6 is 0 Å². The lowest BCUT2D eigenvalue weighted by Gasteiger charge is -2.23. The van der Waals surface area contributed by atoms with Gasteiger partial charge < -0.3 is 19.7 Å². The third-order valence-corrected chi connectivity index (χ3v) is 2.71. The minimum Gasteiger partial charge on any atom is -0.469 e. The molecule has 1 saturated heterocycles. The van der Waals surface area contributed by atoms with Crippen molar-refractivity contribution in [1.82, 2.24) is 10.2 Å². The largest absolute Gasteiger partial charge is 0.469 e. The van der Waals surface area contributed by atoms with Gasteiger partial charge in [0.2, 0.25) is 0 Å². The first-order valence-electron chi connectivity index (χ1n) is 5.99. The lowest BCUT2D eigenvalue weighted by Crippen LogP contribution is -2.45. The molecule has 1 fully saturated rings. The lowest BCUT2D eigenvalue weighted by atomic mass is 10.0. The topological polar surface area (TPSA) is 67.9 Å². The van der Waals surface area contributed by atoms with Crippen molar-refractivity contribution in [2.75, 3.05) is 27.2 Å². The second-order valence-electron chi connectivity index (χ2n) is 5.60. The quantitative estimate of drug-likeness (QED) is 0.735. The maximum Gasteiger partial charge on any atom is 0.407 e. The number of likely N-dealkylation sites (tertiary alicyclic amines) is 1. The molecule has 0 aromatic heterocycles. The minimum atomic E-state index is -0.546. The van der Waals surface area contributed by atoms with Gasteiger partial charge in [0.25, 0.3) is 0 Å². The normalized spacial score (nSPS) is 24.7. The standard InChI is InChI=1S/C12H22N2O4/c1-12(2,3)18-11(16)13-9-7-14(4)6-8(9)10(15)17-5/h8-9H,6-7H2,1-5H3,(H,13,16)/t8-,9-/m1/s1. The van der Waals surface area contributed by atoms with E-state index in [2.05, 4.69) is 5.32 Å². The molecule has 1 heterocycles. The molecule has 1 aliphatic heterocycles. The van der Waals surface area contributed by atoms with Crippen LogP contribution < -0.4 is 5.32 Å². The number of alkyl carbamates (subject to hydrolysis) is 1. The van der Waals surface area contributed by atoms with E-state index in [0.29, 0.717) is 13.1 Å². The summed E-state index contributed by atoms with van der Waals surface area (Å²) in [7, 11) is 3.25. The van der Waals surface area contributed by atoms with E-state index in [-0.39, 0.29) is 17.9 Å². The van der Waals surface area contributed by atoms with E-state index in [1.807, 2.05) is 11.9 Å². The number of nitrogens with one attached hydrogen (secondary N) is 1. The zero-order chi connectivity index (χ0) is 13.9. The van der Waals surface area contributed by atoms with Crippen LogP contribution in [-0.2, 0) is 14.3 Å². The molecule has 18 heavy (non-hydrogen) atoms. The number of carbonyl (C=O) groups is 2. The average Bonchev–Trinajstić information content (AvgIpc) is 2.55. The van der Waals surface area contributed by atoms with E-state index in [1.54, 1.807) is 20.8 Å². The number of hydrogen-bond donors (Lipinski definition) is 1. The number of methoxy groups -OCH3 is 1. The Kier molecular flexibility index (Phi) is 4.56. The summed E-state index contributed by atoms with van der Waals surface area (Å²) in [6.45, 7) is 6.58. The van der Waals surface area contributed by atoms with E-state index in [4.69, 9.17) is 9.47 Å². The molecule has 0 aliphatic carbocycles. The number of amides is 1. The van der Waals surface area contributed by atoms with Crippen molar-refractivity contribution in [2.24, 2.45) is 5.92 Å². The zero-order valence-electron chi connectivity index (χ0n) is 11.6. The van der Waals surface area contributed by atoms with Gasteiger partial charge in [0.05, 0.1) is 19.1 Å². The summed E-state index contributed by atoms with van der Waals surface area (Å²) >= 11 is 0. The second-order valence-corrected chi connectivity index (χ2v) is 5.60. The first-order valence-corrected chi connectivity index (χ1v) is 5.99. The Labute approximate surface area is 108 Å². The van der Waals surface area contributed by atoms with Crippen LogP contribution in [0, 0.1) is 5.92 Å². The van der Waals surface area contributed by atoms with Crippen LogP contribution in [0.25, 0.3) is 0 Å². The van der Waals surface area contributed by atoms with Gasteiger partial charge in [-0.2, -0.15) is 0 Å². The highest BCUT2D eigenvalue weighted by Gasteiger charge is 2.38. The molecule has 0 aromatic carbocycles. The first-order chi connectivity index (χ1) is 8.23. The van der Waals surface area contributed by atoms with Crippen molar-refractivity contribution in [1.29, 1.82) is 0 Å². The van der Waals surface area contributed by atoms with Crippen LogP contribution in [0.5, 0.6) is 0 Å². The number of hydrogen-bond acceptors (Lipinski definition) is 5. The number of rotatable bonds is 2. The van der Waals surface area contributed by atoms with Gasteiger partial charge >= 0.3 is 12.1 Å². The van der Waals surface area contributed by atoms with E-state index < -0.39 is 11.7 Å². The molecular weight excluding hydrogens is 236 g/mol. The number of esters is 1. The molecule has 1 N–H and O–H groups in total. The van der Waals surface area contributed by atoms with Crippen molar-refractivity contribution in [3.63, 3.8) is 0 Å². The van der Waals surface area contributed by atoms with Gasteiger partial charge in [0, 0.05) is 13.1 Å². The summed E-state index contributed by atoms with van der Waals surface area (Å²) in [6.07, 6.45) is -0.503. The Bertz CT molecular complexity index is 325. The monoisotopic (exact) mass is 258 g/mol. The zero-order valence-corrected chi connectivity index (χ0v) is 11.6. The van der Waals surface area contributed by atoms with Crippen LogP contribution in [0.4, 0.5) is 4.79 Å². The van der Waals surface area contributed by atoms with Crippen molar-refractivity contribution in [3.05, 3.63) is 0 Å². The molecule has 2 atom stereocenters. The molecular formula is C12H22N2O4. The summed E-state index contributed by atoms with van der Waals surface area (Å²) in [4.78, 5) is 25.2. The average molecular weight is 258 g/mol. The highest BCUT2D eigenvalue weighted by Crippen LogP contribution is 2.17. The van der Waals surface area contributed by atoms with E-state index in [9.17, 15) is 9.59 Å². The van der Waals surface area contributed by atoms with Gasteiger partial charge in [0.1, 0.15) is 5.60 Å². The summed E-state index contributed by atoms with van der Waals surface area (Å²) in [5.74, 6) is -0.645. The maximum absolute atomic E-state index is 11.7. The Balaban J connectivity index is 2.59. The van der Waals surface area contributed by atoms with Gasteiger partial charge in [-0.1, -0.05) is 0 Å². The van der Waals surface area contributed by atoms with Gasteiger partial charge in [0.15, 0.2) is 0 Å². The summed E-state index contributed by atoms with van der Waals surface area (Å²) in [5, 5.41) is 2.73. The molecule has 0 aromatic rings. The molecule has 1 aliphatic rings. The van der Waals surface area contributed by atoms with Crippen LogP contribution in [0.1, 0.15) is 20.8 Å². The third kappa shape index (κ3) is 4.18. The first kappa shape index (κ1) is 14.8. The maximum atomic E-state index is 11.7. The Morgan fingerprint density at radius 2 is 1.89 bits per heavy atom. The van der Waals surface area contributed by atoms with Crippen LogP contribution in [0.3, 0.4) is 0 Å². The minimum absolute atomic E-state index is 0.266. The molecule has 0 spiro atoms. The van der Waals surface area contributed by atoms with Gasteiger partial charge in [-0.25, -0.2) is 4.79 Å². The summed E-state index contributed by atoms with van der Waals surface area (Å²) in [5.41, 5.74) is -0.546. The van der Waals surface area contributed by atoms with E-state index in [1.165, 1.54) is 7.11 Å².